The minimum atomic E-state index is 0.295. The fraction of sp³-hybridized carbons (Fsp3) is 0.765. The molecule has 4 heteroatoms. The Bertz CT molecular complexity index is 564. The molecule has 0 saturated heterocycles. The van der Waals surface area contributed by atoms with Gasteiger partial charge >= 0.3 is 0 Å². The number of carbonyl (C=O) groups excluding carboxylic acids is 1. The van der Waals surface area contributed by atoms with Gasteiger partial charge in [0.15, 0.2) is 0 Å². The van der Waals surface area contributed by atoms with E-state index in [0.29, 0.717) is 35.0 Å². The van der Waals surface area contributed by atoms with Crippen molar-refractivity contribution < 1.29 is 4.79 Å². The third kappa shape index (κ3) is 2.16. The molecule has 0 N–H and O–H groups in total. The number of carbonyl (C=O) groups is 1. The number of ketones is 1. The van der Waals surface area contributed by atoms with E-state index in [0.717, 1.165) is 23.2 Å². The van der Waals surface area contributed by atoms with Crippen molar-refractivity contribution in [1.82, 2.24) is 9.78 Å². The van der Waals surface area contributed by atoms with Crippen LogP contribution in [0.2, 0.25) is 5.02 Å². The number of Topliss-reactive ketones (excluding diaryl/α,β-unsaturated/α-hetero) is 1. The van der Waals surface area contributed by atoms with Crippen LogP contribution in [-0.4, -0.2) is 15.6 Å². The molecule has 0 radical (unpaired) electrons. The molecule has 4 bridgehead atoms. The van der Waals surface area contributed by atoms with E-state index < -0.39 is 0 Å². The van der Waals surface area contributed by atoms with Crippen LogP contribution in [0.15, 0.2) is 0 Å². The van der Waals surface area contributed by atoms with Gasteiger partial charge in [0.1, 0.15) is 5.78 Å². The average Bonchev–Trinajstić information content (AvgIpc) is 2.64. The van der Waals surface area contributed by atoms with Crippen LogP contribution in [0.5, 0.6) is 0 Å². The van der Waals surface area contributed by atoms with Gasteiger partial charge in [0.25, 0.3) is 0 Å². The van der Waals surface area contributed by atoms with Crippen molar-refractivity contribution in [3.63, 3.8) is 0 Å². The maximum Gasteiger partial charge on any atom is 0.142 e. The number of rotatable bonds is 3. The zero-order valence-corrected chi connectivity index (χ0v) is 13.6. The van der Waals surface area contributed by atoms with Crippen molar-refractivity contribution in [2.75, 3.05) is 0 Å². The minimum absolute atomic E-state index is 0.295. The third-order valence-corrected chi connectivity index (χ3v) is 6.69. The predicted molar refractivity (Wildman–Crippen MR) is 82.2 cm³/mol. The van der Waals surface area contributed by atoms with Gasteiger partial charge in [0.05, 0.1) is 22.8 Å². The van der Waals surface area contributed by atoms with Gasteiger partial charge in [-0.25, -0.2) is 0 Å². The molecular weight excluding hydrogens is 284 g/mol. The molecule has 4 fully saturated rings. The zero-order valence-electron chi connectivity index (χ0n) is 12.8. The summed E-state index contributed by atoms with van der Waals surface area (Å²) in [6.07, 6.45) is 7.07. The van der Waals surface area contributed by atoms with Crippen LogP contribution in [0.3, 0.4) is 0 Å². The second-order valence-corrected chi connectivity index (χ2v) is 7.95. The van der Waals surface area contributed by atoms with Crippen molar-refractivity contribution in [2.45, 2.75) is 45.4 Å². The van der Waals surface area contributed by atoms with E-state index in [2.05, 4.69) is 5.10 Å². The van der Waals surface area contributed by atoms with E-state index in [1.807, 2.05) is 14.0 Å². The number of aromatic nitrogens is 2. The first kappa shape index (κ1) is 13.8. The second kappa shape index (κ2) is 4.84. The van der Waals surface area contributed by atoms with Crippen LogP contribution < -0.4 is 0 Å². The highest BCUT2D eigenvalue weighted by molar-refractivity contribution is 6.32. The van der Waals surface area contributed by atoms with Gasteiger partial charge in [-0.1, -0.05) is 11.6 Å². The molecule has 1 aromatic rings. The van der Waals surface area contributed by atoms with E-state index in [4.69, 9.17) is 11.6 Å². The van der Waals surface area contributed by atoms with Gasteiger partial charge in [-0.15, -0.1) is 0 Å². The molecule has 0 aromatic carbocycles. The Labute approximate surface area is 131 Å². The Morgan fingerprint density at radius 2 is 1.76 bits per heavy atom. The second-order valence-electron chi connectivity index (χ2n) is 7.57. The lowest BCUT2D eigenvalue weighted by Gasteiger charge is -2.53. The maximum absolute atomic E-state index is 12.9. The van der Waals surface area contributed by atoms with E-state index in [1.165, 1.54) is 32.1 Å². The quantitative estimate of drug-likeness (QED) is 0.855. The van der Waals surface area contributed by atoms with Crippen LogP contribution in [0.25, 0.3) is 0 Å². The highest BCUT2D eigenvalue weighted by Crippen LogP contribution is 2.56. The molecule has 114 valence electrons. The van der Waals surface area contributed by atoms with Crippen LogP contribution in [0, 0.1) is 36.5 Å². The largest absolute Gasteiger partial charge is 0.299 e. The Morgan fingerprint density at radius 1 is 1.19 bits per heavy atom. The number of hydrogen-bond acceptors (Lipinski definition) is 2. The van der Waals surface area contributed by atoms with Gasteiger partial charge in [-0.3, -0.25) is 9.48 Å². The highest BCUT2D eigenvalue weighted by atomic mass is 35.5. The SMILES string of the molecule is Cc1nn(C)c(CC(=O)C2C3CC4CC(C3)CC2C4)c1Cl. The molecule has 0 unspecified atom stereocenters. The Morgan fingerprint density at radius 3 is 2.24 bits per heavy atom. The standard InChI is InChI=1S/C17H23ClN2O/c1-9-17(18)14(20(2)19-9)8-15(21)16-12-4-10-3-11(6-12)7-13(16)5-10/h10-13,16H,3-8H2,1-2H3. The lowest BCUT2D eigenvalue weighted by atomic mass is 9.51. The van der Waals surface area contributed by atoms with Gasteiger partial charge in [0, 0.05) is 13.0 Å². The molecule has 0 aliphatic heterocycles. The van der Waals surface area contributed by atoms with Crippen molar-refractivity contribution in [3.05, 3.63) is 16.4 Å². The third-order valence-electron chi connectivity index (χ3n) is 6.20. The fourth-order valence-electron chi connectivity index (χ4n) is 5.61. The summed E-state index contributed by atoms with van der Waals surface area (Å²) in [5, 5.41) is 5.01. The van der Waals surface area contributed by atoms with Gasteiger partial charge < -0.3 is 0 Å². The molecule has 3 nitrogen and oxygen atoms in total. The van der Waals surface area contributed by atoms with Crippen molar-refractivity contribution in [3.8, 4) is 0 Å². The minimum Gasteiger partial charge on any atom is -0.299 e. The topological polar surface area (TPSA) is 34.9 Å². The number of halogens is 1. The molecule has 4 aliphatic carbocycles. The summed E-state index contributed by atoms with van der Waals surface area (Å²) in [6.45, 7) is 1.90. The number of hydrogen-bond donors (Lipinski definition) is 0. The summed E-state index contributed by atoms with van der Waals surface area (Å²) in [5.41, 5.74) is 1.72. The molecule has 4 aliphatic rings. The maximum atomic E-state index is 12.9. The molecule has 21 heavy (non-hydrogen) atoms. The molecular formula is C17H23ClN2O. The lowest BCUT2D eigenvalue weighted by Crippen LogP contribution is -2.48. The Balaban J connectivity index is 1.55. The first-order chi connectivity index (χ1) is 10.0. The Hall–Kier alpha value is -0.830. The lowest BCUT2D eigenvalue weighted by molar-refractivity contribution is -0.135. The van der Waals surface area contributed by atoms with Gasteiger partial charge in [-0.2, -0.15) is 5.10 Å². The molecule has 4 saturated carbocycles. The number of nitrogens with zero attached hydrogens (tertiary/aromatic N) is 2. The Kier molecular flexibility index (Phi) is 3.18. The van der Waals surface area contributed by atoms with E-state index in [9.17, 15) is 4.79 Å². The van der Waals surface area contributed by atoms with Crippen LogP contribution in [0.1, 0.15) is 43.5 Å². The first-order valence-electron chi connectivity index (χ1n) is 8.23. The molecule has 0 spiro atoms. The van der Waals surface area contributed by atoms with Crippen LogP contribution in [-0.2, 0) is 18.3 Å². The zero-order chi connectivity index (χ0) is 14.7. The smallest absolute Gasteiger partial charge is 0.142 e. The van der Waals surface area contributed by atoms with Gasteiger partial charge in [-0.05, 0) is 62.7 Å². The predicted octanol–water partition coefficient (Wildman–Crippen LogP) is 3.57. The average molecular weight is 307 g/mol. The normalized spacial score (nSPS) is 37.2. The van der Waals surface area contributed by atoms with Crippen molar-refractivity contribution in [2.24, 2.45) is 36.6 Å². The summed E-state index contributed by atoms with van der Waals surface area (Å²) < 4.78 is 1.78. The van der Waals surface area contributed by atoms with Gasteiger partial charge in [0.2, 0.25) is 0 Å². The van der Waals surface area contributed by atoms with E-state index in [1.54, 1.807) is 4.68 Å². The highest BCUT2D eigenvalue weighted by Gasteiger charge is 2.50. The fourth-order valence-corrected chi connectivity index (χ4v) is 5.83. The van der Waals surface area contributed by atoms with E-state index >= 15 is 0 Å². The molecule has 0 atom stereocenters. The monoisotopic (exact) mass is 306 g/mol. The van der Waals surface area contributed by atoms with Crippen LogP contribution in [0.4, 0.5) is 0 Å². The summed E-state index contributed by atoms with van der Waals surface area (Å²) in [5.74, 6) is 3.85. The summed E-state index contributed by atoms with van der Waals surface area (Å²) in [6, 6.07) is 0. The van der Waals surface area contributed by atoms with Crippen LogP contribution >= 0.6 is 11.6 Å². The molecule has 1 heterocycles. The molecule has 1 aromatic heterocycles. The number of aryl methyl sites for hydroxylation is 2. The summed E-state index contributed by atoms with van der Waals surface area (Å²) in [7, 11) is 1.89. The van der Waals surface area contributed by atoms with Crippen molar-refractivity contribution in [1.29, 1.82) is 0 Å². The molecule has 5 rings (SSSR count). The van der Waals surface area contributed by atoms with Crippen molar-refractivity contribution >= 4 is 17.4 Å². The molecule has 0 amide bonds. The first-order valence-corrected chi connectivity index (χ1v) is 8.61. The van der Waals surface area contributed by atoms with E-state index in [-0.39, 0.29) is 0 Å². The summed E-state index contributed by atoms with van der Waals surface area (Å²) in [4.78, 5) is 12.9. The summed E-state index contributed by atoms with van der Waals surface area (Å²) >= 11 is 6.31.